The number of amides is 1. The van der Waals surface area contributed by atoms with Crippen LogP contribution in [0.4, 0.5) is 0 Å². The molecular formula is C17H23NO. The van der Waals surface area contributed by atoms with Gasteiger partial charge in [0.1, 0.15) is 0 Å². The van der Waals surface area contributed by atoms with E-state index in [2.05, 4.69) is 36.1 Å². The van der Waals surface area contributed by atoms with E-state index in [1.807, 2.05) is 0 Å². The van der Waals surface area contributed by atoms with Gasteiger partial charge in [0.25, 0.3) is 0 Å². The summed E-state index contributed by atoms with van der Waals surface area (Å²) in [6.45, 7) is 4.06. The number of hydrogen-bond donors (Lipinski definition) is 0. The van der Waals surface area contributed by atoms with E-state index in [4.69, 9.17) is 0 Å². The predicted molar refractivity (Wildman–Crippen MR) is 77.1 cm³/mol. The molecule has 1 aliphatic heterocycles. The minimum atomic E-state index is 0.329. The van der Waals surface area contributed by atoms with Crippen molar-refractivity contribution in [3.8, 4) is 0 Å². The molecule has 1 aromatic rings. The van der Waals surface area contributed by atoms with Crippen LogP contribution in [0.3, 0.4) is 0 Å². The molecule has 1 heterocycles. The molecule has 1 atom stereocenters. The van der Waals surface area contributed by atoms with Crippen LogP contribution in [0.15, 0.2) is 24.3 Å². The molecule has 0 bridgehead atoms. The Labute approximate surface area is 115 Å². The molecule has 1 amide bonds. The Morgan fingerprint density at radius 2 is 1.89 bits per heavy atom. The van der Waals surface area contributed by atoms with Crippen LogP contribution in [-0.4, -0.2) is 23.9 Å². The second kappa shape index (κ2) is 5.36. The summed E-state index contributed by atoms with van der Waals surface area (Å²) in [7, 11) is 0. The van der Waals surface area contributed by atoms with Crippen molar-refractivity contribution < 1.29 is 4.79 Å². The summed E-state index contributed by atoms with van der Waals surface area (Å²) < 4.78 is 0. The van der Waals surface area contributed by atoms with Gasteiger partial charge in [-0.3, -0.25) is 4.79 Å². The zero-order chi connectivity index (χ0) is 13.2. The Hall–Kier alpha value is -1.31. The summed E-state index contributed by atoms with van der Waals surface area (Å²) in [6.07, 6.45) is 5.84. The summed E-state index contributed by atoms with van der Waals surface area (Å²) in [5.41, 5.74) is 2.80. The molecule has 0 aromatic heterocycles. The van der Waals surface area contributed by atoms with Crippen LogP contribution in [0.5, 0.6) is 0 Å². The second-order valence-electron chi connectivity index (χ2n) is 6.11. The zero-order valence-corrected chi connectivity index (χ0v) is 11.8. The van der Waals surface area contributed by atoms with Crippen molar-refractivity contribution in [2.75, 3.05) is 13.1 Å². The largest absolute Gasteiger partial charge is 0.342 e. The Kier molecular flexibility index (Phi) is 3.58. The van der Waals surface area contributed by atoms with Gasteiger partial charge in [0.15, 0.2) is 0 Å². The van der Waals surface area contributed by atoms with E-state index in [0.29, 0.717) is 17.7 Å². The first-order valence-corrected chi connectivity index (χ1v) is 7.60. The topological polar surface area (TPSA) is 20.3 Å². The number of rotatable bonds is 2. The van der Waals surface area contributed by atoms with Crippen LogP contribution in [0.25, 0.3) is 0 Å². The van der Waals surface area contributed by atoms with Gasteiger partial charge in [-0.2, -0.15) is 0 Å². The molecule has 2 aliphatic rings. The molecule has 2 heteroatoms. The minimum Gasteiger partial charge on any atom is -0.342 e. The van der Waals surface area contributed by atoms with Crippen molar-refractivity contribution in [1.82, 2.24) is 4.90 Å². The molecule has 2 nitrogen and oxygen atoms in total. The van der Waals surface area contributed by atoms with E-state index in [1.54, 1.807) is 0 Å². The van der Waals surface area contributed by atoms with Gasteiger partial charge >= 0.3 is 0 Å². The third-order valence-electron chi connectivity index (χ3n) is 4.83. The molecule has 3 rings (SSSR count). The van der Waals surface area contributed by atoms with E-state index in [9.17, 15) is 4.79 Å². The Morgan fingerprint density at radius 3 is 2.63 bits per heavy atom. The number of carbonyl (C=O) groups is 1. The van der Waals surface area contributed by atoms with Gasteiger partial charge in [-0.05, 0) is 37.3 Å². The van der Waals surface area contributed by atoms with Crippen molar-refractivity contribution in [2.24, 2.45) is 5.92 Å². The third-order valence-corrected chi connectivity index (χ3v) is 4.83. The Balaban J connectivity index is 1.67. The van der Waals surface area contributed by atoms with Crippen molar-refractivity contribution in [3.05, 3.63) is 35.4 Å². The van der Waals surface area contributed by atoms with E-state index in [1.165, 1.54) is 24.0 Å². The fourth-order valence-corrected chi connectivity index (χ4v) is 3.69. The average molecular weight is 257 g/mol. The first kappa shape index (κ1) is 12.7. The highest BCUT2D eigenvalue weighted by Gasteiger charge is 2.32. The maximum Gasteiger partial charge on any atom is 0.225 e. The molecule has 0 radical (unpaired) electrons. The van der Waals surface area contributed by atoms with Gasteiger partial charge in [0, 0.05) is 24.9 Å². The van der Waals surface area contributed by atoms with Gasteiger partial charge in [-0.15, -0.1) is 0 Å². The van der Waals surface area contributed by atoms with Crippen molar-refractivity contribution >= 4 is 5.91 Å². The summed E-state index contributed by atoms with van der Waals surface area (Å²) >= 11 is 0. The second-order valence-corrected chi connectivity index (χ2v) is 6.11. The van der Waals surface area contributed by atoms with Crippen LogP contribution in [0.1, 0.15) is 49.1 Å². The standard InChI is InChI=1S/C17H23NO/c1-13-6-2-5-9-16(13)15-10-11-18(12-15)17(19)14-7-3-4-8-14/h2,5-6,9,14-15H,3-4,7-8,10-12H2,1H3/t15-/m0/s1. The lowest BCUT2D eigenvalue weighted by Crippen LogP contribution is -2.33. The number of nitrogens with zero attached hydrogens (tertiary/aromatic N) is 1. The van der Waals surface area contributed by atoms with E-state index >= 15 is 0 Å². The number of likely N-dealkylation sites (tertiary alicyclic amines) is 1. The molecule has 102 valence electrons. The van der Waals surface area contributed by atoms with Crippen LogP contribution in [-0.2, 0) is 4.79 Å². The summed E-state index contributed by atoms with van der Waals surface area (Å²) in [5.74, 6) is 1.30. The van der Waals surface area contributed by atoms with E-state index in [0.717, 1.165) is 32.4 Å². The number of aryl methyl sites for hydroxylation is 1. The molecule has 0 N–H and O–H groups in total. The SMILES string of the molecule is Cc1ccccc1[C@H]1CCN(C(=O)C2CCCC2)C1. The van der Waals surface area contributed by atoms with E-state index < -0.39 is 0 Å². The summed E-state index contributed by atoms with van der Waals surface area (Å²) in [4.78, 5) is 14.6. The Bertz CT molecular complexity index is 462. The summed E-state index contributed by atoms with van der Waals surface area (Å²) in [6, 6.07) is 8.61. The smallest absolute Gasteiger partial charge is 0.225 e. The first-order chi connectivity index (χ1) is 9.25. The molecule has 1 aromatic carbocycles. The molecule has 0 spiro atoms. The quantitative estimate of drug-likeness (QED) is 0.794. The molecule has 1 aliphatic carbocycles. The molecule has 19 heavy (non-hydrogen) atoms. The van der Waals surface area contributed by atoms with Crippen molar-refractivity contribution in [2.45, 2.75) is 44.9 Å². The molecular weight excluding hydrogens is 234 g/mol. The number of benzene rings is 1. The highest BCUT2D eigenvalue weighted by Crippen LogP contribution is 2.33. The lowest BCUT2D eigenvalue weighted by molar-refractivity contribution is -0.134. The lowest BCUT2D eigenvalue weighted by atomic mass is 9.94. The van der Waals surface area contributed by atoms with Crippen LogP contribution >= 0.6 is 0 Å². The monoisotopic (exact) mass is 257 g/mol. The number of hydrogen-bond acceptors (Lipinski definition) is 1. The van der Waals surface area contributed by atoms with Gasteiger partial charge in [0.05, 0.1) is 0 Å². The zero-order valence-electron chi connectivity index (χ0n) is 11.8. The highest BCUT2D eigenvalue weighted by atomic mass is 16.2. The van der Waals surface area contributed by atoms with Gasteiger partial charge in [-0.1, -0.05) is 37.1 Å². The van der Waals surface area contributed by atoms with Crippen molar-refractivity contribution in [3.63, 3.8) is 0 Å². The minimum absolute atomic E-state index is 0.329. The molecule has 1 saturated carbocycles. The fraction of sp³-hybridized carbons (Fsp3) is 0.588. The van der Waals surface area contributed by atoms with Gasteiger partial charge in [0.2, 0.25) is 5.91 Å². The lowest BCUT2D eigenvalue weighted by Gasteiger charge is -2.21. The first-order valence-electron chi connectivity index (χ1n) is 7.60. The van der Waals surface area contributed by atoms with Crippen LogP contribution in [0.2, 0.25) is 0 Å². The predicted octanol–water partition coefficient (Wildman–Crippen LogP) is 3.50. The summed E-state index contributed by atoms with van der Waals surface area (Å²) in [5, 5.41) is 0. The third kappa shape index (κ3) is 2.54. The normalized spacial score (nSPS) is 24.1. The molecule has 1 saturated heterocycles. The van der Waals surface area contributed by atoms with Crippen molar-refractivity contribution in [1.29, 1.82) is 0 Å². The van der Waals surface area contributed by atoms with Crippen LogP contribution in [0, 0.1) is 12.8 Å². The molecule has 0 unspecified atom stereocenters. The maximum absolute atomic E-state index is 12.4. The van der Waals surface area contributed by atoms with Crippen LogP contribution < -0.4 is 0 Å². The highest BCUT2D eigenvalue weighted by molar-refractivity contribution is 5.79. The Morgan fingerprint density at radius 1 is 1.16 bits per heavy atom. The average Bonchev–Trinajstić information content (AvgIpc) is 3.10. The number of carbonyl (C=O) groups excluding carboxylic acids is 1. The van der Waals surface area contributed by atoms with Gasteiger partial charge in [-0.25, -0.2) is 0 Å². The maximum atomic E-state index is 12.4. The van der Waals surface area contributed by atoms with Gasteiger partial charge < -0.3 is 4.90 Å². The molecule has 2 fully saturated rings. The fourth-order valence-electron chi connectivity index (χ4n) is 3.69. The van der Waals surface area contributed by atoms with E-state index in [-0.39, 0.29) is 0 Å².